The first-order valence-corrected chi connectivity index (χ1v) is 3.27. The summed E-state index contributed by atoms with van der Waals surface area (Å²) in [5.41, 5.74) is 1.07. The Balaban J connectivity index is 3.14. The molecule has 3 nitrogen and oxygen atoms in total. The van der Waals surface area contributed by atoms with E-state index in [1.807, 2.05) is 12.1 Å². The third-order valence-electron chi connectivity index (χ3n) is 1.53. The number of carbonyl (C=O) groups excluding carboxylic acids is 1. The quantitative estimate of drug-likeness (QED) is 0.492. The Bertz CT molecular complexity index is 395. The van der Waals surface area contributed by atoms with Crippen LogP contribution in [0.5, 0.6) is 0 Å². The Morgan fingerprint density at radius 2 is 2.00 bits per heavy atom. The molecule has 1 aliphatic carbocycles. The summed E-state index contributed by atoms with van der Waals surface area (Å²) in [6, 6.07) is 3.75. The summed E-state index contributed by atoms with van der Waals surface area (Å²) in [6.45, 7) is 0. The fourth-order valence-corrected chi connectivity index (χ4v) is 0.904. The molecule has 12 heavy (non-hydrogen) atoms. The Morgan fingerprint density at radius 1 is 1.25 bits per heavy atom. The van der Waals surface area contributed by atoms with Gasteiger partial charge in [0.1, 0.15) is 12.0 Å². The van der Waals surface area contributed by atoms with Gasteiger partial charge in [-0.15, -0.1) is 0 Å². The third-order valence-corrected chi connectivity index (χ3v) is 1.53. The van der Waals surface area contributed by atoms with E-state index in [0.717, 1.165) is 0 Å². The molecule has 0 saturated carbocycles. The minimum atomic E-state index is 0.222. The largest absolute Gasteiger partial charge is 0.233 e. The molecule has 0 aromatic carbocycles. The molecule has 0 fully saturated rings. The molecule has 1 aliphatic rings. The molecule has 0 heterocycles. The summed E-state index contributed by atoms with van der Waals surface area (Å²) in [6.07, 6.45) is 3.19. The predicted molar refractivity (Wildman–Crippen MR) is 41.2 cm³/mol. The van der Waals surface area contributed by atoms with E-state index in [1.54, 1.807) is 5.94 Å². The number of hydrogen-bond acceptors (Lipinski definition) is 3. The first-order valence-electron chi connectivity index (χ1n) is 3.27. The molecule has 0 atom stereocenters. The van der Waals surface area contributed by atoms with Crippen LogP contribution in [0.15, 0.2) is 28.9 Å². The van der Waals surface area contributed by atoms with Gasteiger partial charge in [-0.05, 0) is 12.2 Å². The van der Waals surface area contributed by atoms with Crippen LogP contribution >= 0.6 is 0 Å². The molecule has 0 aromatic rings. The van der Waals surface area contributed by atoms with E-state index >= 15 is 0 Å². The minimum Gasteiger partial charge on any atom is -0.233 e. The molecule has 1 rings (SSSR count). The lowest BCUT2D eigenvalue weighted by molar-refractivity contribution is 0.567. The summed E-state index contributed by atoms with van der Waals surface area (Å²) >= 11 is 0. The van der Waals surface area contributed by atoms with Crippen molar-refractivity contribution in [3.8, 4) is 12.1 Å². The Hall–Kier alpha value is -2.09. The van der Waals surface area contributed by atoms with Gasteiger partial charge in [0.05, 0.1) is 17.2 Å². The molecule has 0 aliphatic heterocycles. The lowest BCUT2D eigenvalue weighted by Gasteiger charge is -2.03. The van der Waals surface area contributed by atoms with Crippen molar-refractivity contribution in [2.75, 3.05) is 0 Å². The van der Waals surface area contributed by atoms with Crippen LogP contribution in [0.2, 0.25) is 0 Å². The van der Waals surface area contributed by atoms with Crippen LogP contribution in [0.4, 0.5) is 0 Å². The maximum Gasteiger partial charge on any atom is 0.128 e. The summed E-state index contributed by atoms with van der Waals surface area (Å²) in [7, 11) is 0. The van der Waals surface area contributed by atoms with E-state index < -0.39 is 0 Å². The fraction of sp³-hybridized carbons (Fsp3) is 0.111. The second kappa shape index (κ2) is 3.34. The number of rotatable bonds is 0. The minimum absolute atomic E-state index is 0.222. The summed E-state index contributed by atoms with van der Waals surface area (Å²) < 4.78 is 0. The Labute approximate surface area is 69.5 Å². The van der Waals surface area contributed by atoms with Crippen LogP contribution in [0.3, 0.4) is 0 Å². The highest BCUT2D eigenvalue weighted by molar-refractivity contribution is 5.64. The highest BCUT2D eigenvalue weighted by atomic mass is 16.1. The number of hydrogen-bond donors (Lipinski definition) is 0. The fourth-order valence-electron chi connectivity index (χ4n) is 0.904. The van der Waals surface area contributed by atoms with Gasteiger partial charge in [-0.1, -0.05) is 0 Å². The van der Waals surface area contributed by atoms with Crippen LogP contribution in [0.25, 0.3) is 0 Å². The molecular formula is C9H4N2O. The van der Waals surface area contributed by atoms with Crippen molar-refractivity contribution < 1.29 is 4.79 Å². The first kappa shape index (κ1) is 8.01. The van der Waals surface area contributed by atoms with Crippen LogP contribution in [0, 0.1) is 22.7 Å². The van der Waals surface area contributed by atoms with Crippen molar-refractivity contribution in [3.05, 3.63) is 28.9 Å². The first-order chi connectivity index (χ1) is 5.81. The van der Waals surface area contributed by atoms with Crippen molar-refractivity contribution in [1.29, 1.82) is 10.5 Å². The van der Waals surface area contributed by atoms with Gasteiger partial charge in [-0.2, -0.15) is 10.5 Å². The van der Waals surface area contributed by atoms with Crippen molar-refractivity contribution in [3.63, 3.8) is 0 Å². The SMILES string of the molecule is N#CC1=C(C#N)CC(=C=O)C=C1. The van der Waals surface area contributed by atoms with E-state index in [-0.39, 0.29) is 6.42 Å². The normalized spacial score (nSPS) is 15.0. The zero-order chi connectivity index (χ0) is 8.97. The van der Waals surface area contributed by atoms with Gasteiger partial charge < -0.3 is 0 Å². The van der Waals surface area contributed by atoms with E-state index in [1.165, 1.54) is 12.2 Å². The van der Waals surface area contributed by atoms with Crippen LogP contribution < -0.4 is 0 Å². The lowest BCUT2D eigenvalue weighted by Crippen LogP contribution is -1.94. The number of nitrogens with zero attached hydrogens (tertiary/aromatic N) is 2. The van der Waals surface area contributed by atoms with Crippen LogP contribution in [-0.2, 0) is 4.79 Å². The third kappa shape index (κ3) is 1.32. The van der Waals surface area contributed by atoms with Gasteiger partial charge in [-0.3, -0.25) is 0 Å². The number of nitriles is 2. The smallest absolute Gasteiger partial charge is 0.128 e. The van der Waals surface area contributed by atoms with Gasteiger partial charge in [0.2, 0.25) is 0 Å². The topological polar surface area (TPSA) is 64.7 Å². The molecular weight excluding hydrogens is 152 g/mol. The number of allylic oxidation sites excluding steroid dienone is 5. The second-order valence-electron chi connectivity index (χ2n) is 2.25. The van der Waals surface area contributed by atoms with Crippen molar-refractivity contribution >= 4 is 5.94 Å². The van der Waals surface area contributed by atoms with Crippen LogP contribution in [-0.4, -0.2) is 5.94 Å². The van der Waals surface area contributed by atoms with Crippen molar-refractivity contribution in [2.24, 2.45) is 0 Å². The van der Waals surface area contributed by atoms with Crippen molar-refractivity contribution in [2.45, 2.75) is 6.42 Å². The molecule has 0 saturated heterocycles. The molecule has 3 heteroatoms. The molecule has 0 amide bonds. The Morgan fingerprint density at radius 3 is 2.50 bits per heavy atom. The van der Waals surface area contributed by atoms with E-state index in [2.05, 4.69) is 0 Å². The molecule has 0 spiro atoms. The van der Waals surface area contributed by atoms with Crippen LogP contribution in [0.1, 0.15) is 6.42 Å². The molecule has 0 bridgehead atoms. The molecule has 56 valence electrons. The van der Waals surface area contributed by atoms with E-state index in [9.17, 15) is 4.79 Å². The molecule has 0 unspecified atom stereocenters. The van der Waals surface area contributed by atoms with E-state index in [0.29, 0.717) is 16.7 Å². The van der Waals surface area contributed by atoms with Gasteiger partial charge in [-0.25, -0.2) is 4.79 Å². The van der Waals surface area contributed by atoms with Gasteiger partial charge in [0.25, 0.3) is 0 Å². The average molecular weight is 156 g/mol. The Kier molecular flexibility index (Phi) is 2.23. The lowest BCUT2D eigenvalue weighted by atomic mass is 9.96. The predicted octanol–water partition coefficient (Wildman–Crippen LogP) is 1.05. The molecule has 0 aromatic heterocycles. The van der Waals surface area contributed by atoms with Crippen molar-refractivity contribution in [1.82, 2.24) is 0 Å². The van der Waals surface area contributed by atoms with Gasteiger partial charge in [0, 0.05) is 12.0 Å². The highest BCUT2D eigenvalue weighted by Crippen LogP contribution is 2.19. The maximum atomic E-state index is 10.2. The maximum absolute atomic E-state index is 10.2. The van der Waals surface area contributed by atoms with E-state index in [4.69, 9.17) is 10.5 Å². The monoisotopic (exact) mass is 156 g/mol. The summed E-state index contributed by atoms with van der Waals surface area (Å²) in [5, 5.41) is 17.1. The zero-order valence-electron chi connectivity index (χ0n) is 6.16. The molecule has 0 N–H and O–H groups in total. The standard InChI is InChI=1S/C9H4N2O/c10-4-8-2-1-7(6-12)3-9(8)5-11/h1-2H,3H2. The summed E-state index contributed by atoms with van der Waals surface area (Å²) in [4.78, 5) is 10.2. The highest BCUT2D eigenvalue weighted by Gasteiger charge is 2.10. The average Bonchev–Trinajstić information content (AvgIpc) is 2.16. The van der Waals surface area contributed by atoms with Gasteiger partial charge >= 0.3 is 0 Å². The zero-order valence-corrected chi connectivity index (χ0v) is 6.16. The van der Waals surface area contributed by atoms with Gasteiger partial charge in [0.15, 0.2) is 0 Å². The second-order valence-corrected chi connectivity index (χ2v) is 2.25. The molecule has 0 radical (unpaired) electrons. The summed E-state index contributed by atoms with van der Waals surface area (Å²) in [5.74, 6) is 1.70.